The molecule has 90 valence electrons. The van der Waals surface area contributed by atoms with E-state index in [0.29, 0.717) is 36.1 Å². The fourth-order valence-electron chi connectivity index (χ4n) is 1.83. The Balaban J connectivity index is 3.20. The summed E-state index contributed by atoms with van der Waals surface area (Å²) in [6, 6.07) is 0. The Morgan fingerprint density at radius 1 is 0.400 bits per heavy atom. The third-order valence-corrected chi connectivity index (χ3v) is 27.2. The minimum absolute atomic E-state index is 0.335. The Hall–Kier alpha value is 0.900. The van der Waals surface area contributed by atoms with Crippen molar-refractivity contribution in [1.29, 1.82) is 0 Å². The lowest BCUT2D eigenvalue weighted by Gasteiger charge is -2.18. The molecule has 0 spiro atoms. The molecule has 1 heterocycles. The van der Waals surface area contributed by atoms with Crippen LogP contribution in [0.5, 0.6) is 0 Å². The van der Waals surface area contributed by atoms with Crippen LogP contribution in [0.4, 0.5) is 0 Å². The van der Waals surface area contributed by atoms with E-state index in [1.165, 1.54) is 0 Å². The van der Waals surface area contributed by atoms with Crippen molar-refractivity contribution >= 4 is 20.7 Å². The molecule has 0 aromatic carbocycles. The summed E-state index contributed by atoms with van der Waals surface area (Å²) in [4.78, 5) is 0. The summed E-state index contributed by atoms with van der Waals surface area (Å²) < 4.78 is 0. The average molecular weight is 264 g/mol. The van der Waals surface area contributed by atoms with Gasteiger partial charge in [0.1, 0.15) is 0 Å². The van der Waals surface area contributed by atoms with E-state index in [4.69, 9.17) is 0 Å². The second kappa shape index (κ2) is 3.70. The molecule has 1 aromatic heterocycles. The summed E-state index contributed by atoms with van der Waals surface area (Å²) in [5.74, 6) is 0. The van der Waals surface area contributed by atoms with Crippen LogP contribution >= 0.6 is 20.7 Å². The monoisotopic (exact) mass is 264 g/mol. The molecular formula is C12H27P3. The van der Waals surface area contributed by atoms with E-state index in [0.717, 1.165) is 0 Å². The SMILES string of the molecule is CC(C)(C)p1p(C(C)(C)C)p1C(C)(C)C. The van der Waals surface area contributed by atoms with E-state index in [1.54, 1.807) is 0 Å². The fraction of sp³-hybridized carbons (Fsp3) is 1.00. The van der Waals surface area contributed by atoms with Crippen molar-refractivity contribution in [3.63, 3.8) is 0 Å². The molecule has 1 rings (SSSR count). The molecule has 0 saturated carbocycles. The molecule has 0 aliphatic rings. The van der Waals surface area contributed by atoms with Crippen LogP contribution in [0.2, 0.25) is 0 Å². The zero-order chi connectivity index (χ0) is 12.2. The molecule has 0 fully saturated rings. The molecule has 0 aliphatic carbocycles. The van der Waals surface area contributed by atoms with Crippen LogP contribution in [0, 0.1) is 0 Å². The molecule has 0 amide bonds. The highest BCUT2D eigenvalue weighted by molar-refractivity contribution is 8.73. The average Bonchev–Trinajstić information content (AvgIpc) is 2.51. The third kappa shape index (κ3) is 2.97. The van der Waals surface area contributed by atoms with Gasteiger partial charge in [-0.1, -0.05) is 83.0 Å². The van der Waals surface area contributed by atoms with Crippen molar-refractivity contribution in [1.82, 2.24) is 0 Å². The van der Waals surface area contributed by atoms with Crippen molar-refractivity contribution in [2.24, 2.45) is 0 Å². The van der Waals surface area contributed by atoms with Crippen LogP contribution in [-0.2, 0) is 15.5 Å². The number of hydrogen-bond acceptors (Lipinski definition) is 0. The number of hydrogen-bond donors (Lipinski definition) is 0. The van der Waals surface area contributed by atoms with Gasteiger partial charge in [-0.3, -0.25) is 0 Å². The minimum Gasteiger partial charge on any atom is -0.0697 e. The van der Waals surface area contributed by atoms with Crippen LogP contribution in [0.15, 0.2) is 0 Å². The first-order chi connectivity index (χ1) is 6.37. The molecule has 1 aromatic rings. The van der Waals surface area contributed by atoms with Gasteiger partial charge in [0.05, 0.1) is 0 Å². The molecular weight excluding hydrogens is 237 g/mol. The normalized spacial score (nSPS) is 18.6. The van der Waals surface area contributed by atoms with Crippen LogP contribution in [0.1, 0.15) is 62.3 Å². The summed E-state index contributed by atoms with van der Waals surface area (Å²) >= 11 is 0. The molecule has 0 radical (unpaired) electrons. The Morgan fingerprint density at radius 2 is 0.533 bits per heavy atom. The Bertz CT molecular complexity index is 264. The van der Waals surface area contributed by atoms with E-state index >= 15 is 0 Å². The molecule has 0 atom stereocenters. The Morgan fingerprint density at radius 3 is 0.600 bits per heavy atom. The molecule has 0 nitrogen and oxygen atoms in total. The van der Waals surface area contributed by atoms with E-state index in [2.05, 4.69) is 62.3 Å². The summed E-state index contributed by atoms with van der Waals surface area (Å²) in [5, 5.41) is 1.77. The summed E-state index contributed by atoms with van der Waals surface area (Å²) in [6.07, 6.45) is 0. The van der Waals surface area contributed by atoms with Gasteiger partial charge in [0.15, 0.2) is 0 Å². The van der Waals surface area contributed by atoms with Gasteiger partial charge >= 0.3 is 0 Å². The number of rotatable bonds is 0. The highest BCUT2D eigenvalue weighted by Crippen LogP contribution is 2.99. The lowest BCUT2D eigenvalue weighted by atomic mass is 10.3. The second-order valence-electron chi connectivity index (χ2n) is 7.38. The second-order valence-corrected chi connectivity index (χ2v) is 23.2. The van der Waals surface area contributed by atoms with Gasteiger partial charge in [-0.05, 0) is 0 Å². The van der Waals surface area contributed by atoms with Crippen molar-refractivity contribution in [3.8, 4) is 0 Å². The van der Waals surface area contributed by atoms with Crippen molar-refractivity contribution in [3.05, 3.63) is 0 Å². The van der Waals surface area contributed by atoms with Gasteiger partial charge in [-0.25, -0.2) is 0 Å². The molecule has 0 bridgehead atoms. The summed E-state index contributed by atoms with van der Waals surface area (Å²) in [6.45, 7) is 23.2. The molecule has 3 heteroatoms. The van der Waals surface area contributed by atoms with Crippen LogP contribution in [0.3, 0.4) is 0 Å². The maximum Gasteiger partial charge on any atom is 0.00776 e. The lowest BCUT2D eigenvalue weighted by Crippen LogP contribution is -1.99. The maximum atomic E-state index is 2.47. The zero-order valence-electron chi connectivity index (χ0n) is 11.8. The van der Waals surface area contributed by atoms with Gasteiger partial charge in [-0.2, -0.15) is 0 Å². The van der Waals surface area contributed by atoms with Gasteiger partial charge in [-0.15, -0.1) is 0 Å². The predicted molar refractivity (Wildman–Crippen MR) is 79.6 cm³/mol. The largest absolute Gasteiger partial charge is 0.0697 e. The van der Waals surface area contributed by atoms with E-state index in [1.807, 2.05) is 0 Å². The standard InChI is InChI=1S/C12H27P3/c1-10(2,3)13-14(11(4,5)6)15(13)12(7,8)9/h1-9H3. The van der Waals surface area contributed by atoms with Gasteiger partial charge in [0, 0.05) is 15.5 Å². The van der Waals surface area contributed by atoms with Crippen LogP contribution in [-0.4, -0.2) is 0 Å². The van der Waals surface area contributed by atoms with E-state index in [-0.39, 0.29) is 0 Å². The third-order valence-electron chi connectivity index (χ3n) is 2.31. The maximum absolute atomic E-state index is 2.47. The van der Waals surface area contributed by atoms with Gasteiger partial charge in [0.25, 0.3) is 0 Å². The zero-order valence-corrected chi connectivity index (χ0v) is 14.5. The predicted octanol–water partition coefficient (Wildman–Crippen LogP) is 6.91. The van der Waals surface area contributed by atoms with Gasteiger partial charge in [0.2, 0.25) is 0 Å². The van der Waals surface area contributed by atoms with E-state index < -0.39 is 0 Å². The quantitative estimate of drug-likeness (QED) is 0.477. The molecule has 0 N–H and O–H groups in total. The smallest absolute Gasteiger partial charge is 0.00776 e. The fourth-order valence-corrected chi connectivity index (χ4v) is 36.5. The first-order valence-electron chi connectivity index (χ1n) is 5.77. The summed E-state index contributed by atoms with van der Waals surface area (Å²) in [7, 11) is 0. The molecule has 0 saturated heterocycles. The molecule has 0 aliphatic heterocycles. The van der Waals surface area contributed by atoms with Crippen molar-refractivity contribution < 1.29 is 0 Å². The van der Waals surface area contributed by atoms with Crippen molar-refractivity contribution in [2.45, 2.75) is 77.8 Å². The minimum atomic E-state index is 0.335. The van der Waals surface area contributed by atoms with Crippen molar-refractivity contribution in [2.75, 3.05) is 0 Å². The first kappa shape index (κ1) is 14.0. The van der Waals surface area contributed by atoms with E-state index in [9.17, 15) is 0 Å². The lowest BCUT2D eigenvalue weighted by molar-refractivity contribution is 0.715. The highest BCUT2D eigenvalue weighted by atomic mass is 32.7. The molecule has 15 heavy (non-hydrogen) atoms. The summed E-state index contributed by atoms with van der Waals surface area (Å²) in [5.41, 5.74) is 0. The Labute approximate surface area is 98.7 Å². The van der Waals surface area contributed by atoms with Crippen LogP contribution in [0.25, 0.3) is 0 Å². The Kier molecular flexibility index (Phi) is 3.44. The topological polar surface area (TPSA) is 0 Å². The van der Waals surface area contributed by atoms with Gasteiger partial charge < -0.3 is 0 Å². The molecule has 0 unspecified atom stereocenters. The van der Waals surface area contributed by atoms with Crippen LogP contribution < -0.4 is 0 Å². The highest BCUT2D eigenvalue weighted by Gasteiger charge is 2.42. The first-order valence-corrected chi connectivity index (χ1v) is 11.9.